The number of esters is 3. The molecule has 0 spiro atoms. The topological polar surface area (TPSA) is 208 Å². The van der Waals surface area contributed by atoms with Crippen LogP contribution < -0.4 is 0 Å². The first-order valence-corrected chi connectivity index (χ1v) is 22.4. The van der Waals surface area contributed by atoms with Crippen molar-refractivity contribution >= 4 is 105 Å². The molecule has 0 aromatic heterocycles. The summed E-state index contributed by atoms with van der Waals surface area (Å²) in [4.78, 5) is 100. The van der Waals surface area contributed by atoms with Crippen molar-refractivity contribution in [3.63, 3.8) is 0 Å². The van der Waals surface area contributed by atoms with Crippen LogP contribution in [0, 0.1) is 0 Å². The van der Waals surface area contributed by atoms with Gasteiger partial charge < -0.3 is 43.6 Å². The van der Waals surface area contributed by atoms with E-state index in [1.807, 2.05) is 30.9 Å². The van der Waals surface area contributed by atoms with Crippen LogP contribution in [0.5, 0.6) is 0 Å². The van der Waals surface area contributed by atoms with Crippen molar-refractivity contribution in [1.82, 2.24) is 34.3 Å². The summed E-state index contributed by atoms with van der Waals surface area (Å²) in [5.74, 6) is -2.50. The molecule has 22 nitrogen and oxygen atoms in total. The molecule has 0 fully saturated rings. The van der Waals surface area contributed by atoms with E-state index in [9.17, 15) is 28.8 Å². The smallest absolute Gasteiger partial charge is 0.344 e. The maximum atomic E-state index is 12.0. The van der Waals surface area contributed by atoms with Crippen molar-refractivity contribution in [3.05, 3.63) is 0 Å². The Hall–Kier alpha value is -1.39. The Balaban J connectivity index is 5.65. The highest BCUT2D eigenvalue weighted by Crippen LogP contribution is 2.05. The minimum atomic E-state index is -0.521. The second-order valence-corrected chi connectivity index (χ2v) is 15.1. The van der Waals surface area contributed by atoms with E-state index in [0.29, 0.717) is 78.5 Å². The lowest BCUT2D eigenvalue weighted by Gasteiger charge is -2.31. The molecule has 0 amide bonds. The second-order valence-electron chi connectivity index (χ2n) is 14.1. The van der Waals surface area contributed by atoms with Gasteiger partial charge in [0.25, 0.3) is 0 Å². The van der Waals surface area contributed by atoms with Crippen molar-refractivity contribution in [2.24, 2.45) is 0 Å². The fraction of sp³-hybridized carbons (Fsp3) is 0.833. The van der Waals surface area contributed by atoms with E-state index in [2.05, 4.69) is 48.8 Å². The number of methoxy groups -OCH3 is 3. The molecule has 0 unspecified atom stereocenters. The molecule has 0 radical (unpaired) electrons. The first-order valence-electron chi connectivity index (χ1n) is 19.8. The summed E-state index contributed by atoms with van der Waals surface area (Å²) in [6, 6.07) is 0. The molecule has 0 saturated carbocycles. The number of halogens is 3. The summed E-state index contributed by atoms with van der Waals surface area (Å²) in [6.07, 6.45) is 0.899. The maximum Gasteiger partial charge on any atom is 0.344 e. The van der Waals surface area contributed by atoms with Gasteiger partial charge in [-0.25, -0.2) is 14.4 Å². The van der Waals surface area contributed by atoms with Crippen LogP contribution in [0.25, 0.3) is 0 Å². The van der Waals surface area contributed by atoms with Crippen molar-refractivity contribution in [2.75, 3.05) is 160 Å². The molecule has 356 valence electrons. The van der Waals surface area contributed by atoms with E-state index in [4.69, 9.17) is 14.2 Å². The monoisotopic (exact) mass is 1220 g/mol. The highest BCUT2D eigenvalue weighted by Gasteiger charge is 2.18. The molecule has 0 heterocycles. The molecule has 0 aliphatic heterocycles. The number of nitrogens with zero attached hydrogens (tertiary/aromatic N) is 7. The van der Waals surface area contributed by atoms with Crippen LogP contribution >= 0.6 is 69.0 Å². The fourth-order valence-corrected chi connectivity index (χ4v) is 6.18. The van der Waals surface area contributed by atoms with E-state index in [0.717, 1.165) is 39.3 Å². The van der Waals surface area contributed by atoms with Crippen LogP contribution in [0.3, 0.4) is 0 Å². The highest BCUT2D eigenvalue weighted by atomic mass is 127. The average molecular weight is 1220 g/mol. The number of rotatable bonds is 39. The second kappa shape index (κ2) is 39.0. The van der Waals surface area contributed by atoms with Gasteiger partial charge in [0.15, 0.2) is 69.0 Å². The summed E-state index contributed by atoms with van der Waals surface area (Å²) < 4.78 is 27.8. The van der Waals surface area contributed by atoms with Gasteiger partial charge in [-0.3, -0.25) is 33.9 Å². The predicted molar refractivity (Wildman–Crippen MR) is 246 cm³/mol. The van der Waals surface area contributed by atoms with Crippen molar-refractivity contribution < 1.29 is 67.3 Å². The molecule has 25 heteroatoms. The molecular formula is C36H66I3N7O15. The molecule has 0 aromatic carbocycles. The van der Waals surface area contributed by atoms with E-state index >= 15 is 0 Å². The van der Waals surface area contributed by atoms with E-state index in [1.54, 1.807) is 0 Å². The predicted octanol–water partition coefficient (Wildman–Crippen LogP) is 1.32. The average Bonchev–Trinajstić information content (AvgIpc) is 3.24. The van der Waals surface area contributed by atoms with E-state index in [-0.39, 0.29) is 56.4 Å². The molecule has 0 aromatic rings. The lowest BCUT2D eigenvalue weighted by atomic mass is 10.3. The van der Waals surface area contributed by atoms with E-state index in [1.165, 1.54) is 90.3 Å². The number of ether oxygens (including phenoxy) is 3. The van der Waals surface area contributed by atoms with Gasteiger partial charge in [0.1, 0.15) is 0 Å². The number of likely N-dealkylation sites (N-methyl/N-ethyl adjacent to an activating group) is 3. The van der Waals surface area contributed by atoms with Gasteiger partial charge >= 0.3 is 35.8 Å². The fourth-order valence-electron chi connectivity index (χ4n) is 5.58. The summed E-state index contributed by atoms with van der Waals surface area (Å²) in [6.45, 7) is 10.9. The normalized spacial score (nSPS) is 11.6. The lowest BCUT2D eigenvalue weighted by molar-refractivity contribution is -0.196. The number of hydrogen-bond acceptors (Lipinski definition) is 22. The standard InChI is InChI=1S/C36H66I3N7O15/c1-40(19-25-43(13-7-31(47)53-4)14-8-32(48)54-5)22-28-46(29-23-41(2)20-26-44(15-9-33(49)55-6)16-10-34(50)56-59-37)30-24-42(3)21-27-45(17-11-35(51)57-60-38)18-12-36(52)58-61-39/h7-30H2,1-6H3. The van der Waals surface area contributed by atoms with Crippen molar-refractivity contribution in [3.8, 4) is 0 Å². The van der Waals surface area contributed by atoms with Crippen LogP contribution in [0.1, 0.15) is 38.5 Å². The minimum absolute atomic E-state index is 0.0802. The Morgan fingerprint density at radius 3 is 0.672 bits per heavy atom. The zero-order valence-electron chi connectivity index (χ0n) is 36.4. The third kappa shape index (κ3) is 34.7. The van der Waals surface area contributed by atoms with Crippen LogP contribution in [-0.4, -0.2) is 230 Å². The molecule has 61 heavy (non-hydrogen) atoms. The molecule has 0 aliphatic carbocycles. The van der Waals surface area contributed by atoms with Crippen LogP contribution in [0.15, 0.2) is 0 Å². The third-order valence-electron chi connectivity index (χ3n) is 9.64. The Bertz CT molecular complexity index is 1200. The molecule has 0 atom stereocenters. The Morgan fingerprint density at radius 1 is 0.311 bits per heavy atom. The van der Waals surface area contributed by atoms with Crippen LogP contribution in [-0.2, 0) is 67.3 Å². The third-order valence-corrected chi connectivity index (χ3v) is 10.2. The zero-order valence-corrected chi connectivity index (χ0v) is 42.8. The number of hydrogen-bond donors (Lipinski definition) is 0. The van der Waals surface area contributed by atoms with Crippen molar-refractivity contribution in [1.29, 1.82) is 0 Å². The van der Waals surface area contributed by atoms with Crippen LogP contribution in [0.4, 0.5) is 0 Å². The summed E-state index contributed by atoms with van der Waals surface area (Å²) in [5, 5.41) is 0. The molecule has 0 N–H and O–H groups in total. The quantitative estimate of drug-likeness (QED) is 0.0280. The molecule has 0 aliphatic rings. The van der Waals surface area contributed by atoms with Gasteiger partial charge in [-0.2, -0.15) is 0 Å². The molecule has 0 bridgehead atoms. The largest absolute Gasteiger partial charge is 0.469 e. The summed E-state index contributed by atoms with van der Waals surface area (Å²) in [5.41, 5.74) is 0. The van der Waals surface area contributed by atoms with Gasteiger partial charge in [-0.15, -0.1) is 9.65 Å². The van der Waals surface area contributed by atoms with Gasteiger partial charge in [0.05, 0.1) is 59.9 Å². The number of carbonyl (C=O) groups is 6. The summed E-state index contributed by atoms with van der Waals surface area (Å²) >= 11 is 4.44. The Kier molecular flexibility index (Phi) is 38.1. The highest BCUT2D eigenvalue weighted by molar-refractivity contribution is 14.1. The first-order chi connectivity index (χ1) is 29.2. The lowest BCUT2D eigenvalue weighted by Crippen LogP contribution is -2.44. The van der Waals surface area contributed by atoms with Gasteiger partial charge in [0, 0.05) is 118 Å². The molecule has 0 saturated heterocycles. The Morgan fingerprint density at radius 2 is 0.492 bits per heavy atom. The van der Waals surface area contributed by atoms with Gasteiger partial charge in [0.2, 0.25) is 0 Å². The number of carbonyl (C=O) groups excluding carboxylic acids is 6. The van der Waals surface area contributed by atoms with E-state index < -0.39 is 17.9 Å². The first kappa shape index (κ1) is 59.6. The van der Waals surface area contributed by atoms with Gasteiger partial charge in [-0.05, 0) is 21.1 Å². The SMILES string of the molecule is COC(=O)CCN(CCC(=O)OC)CCN(C)CCN(CCN(C)CCN(CCC(=O)OC)CCC(=O)OOI)CCN(C)CCN(CCC(=O)OOI)CCC(=O)OOI. The minimum Gasteiger partial charge on any atom is -0.469 e. The molecule has 0 rings (SSSR count). The maximum absolute atomic E-state index is 12.0. The summed E-state index contributed by atoms with van der Waals surface area (Å²) in [7, 11) is 10.1. The Labute approximate surface area is 402 Å². The van der Waals surface area contributed by atoms with Crippen molar-refractivity contribution in [2.45, 2.75) is 38.5 Å². The molecular weight excluding hydrogens is 1150 g/mol. The van der Waals surface area contributed by atoms with Gasteiger partial charge in [-0.1, -0.05) is 0 Å². The van der Waals surface area contributed by atoms with Crippen LogP contribution in [0.2, 0.25) is 0 Å². The zero-order chi connectivity index (χ0) is 45.8.